The fraction of sp³-hybridized carbons (Fsp3) is 0.538. The van der Waals surface area contributed by atoms with Gasteiger partial charge in [-0.25, -0.2) is 4.39 Å². The molecule has 1 fully saturated rings. The first kappa shape index (κ1) is 12.5. The molecule has 1 heterocycles. The highest BCUT2D eigenvalue weighted by Crippen LogP contribution is 2.36. The first-order chi connectivity index (χ1) is 7.89. The number of halogens is 2. The van der Waals surface area contributed by atoms with Gasteiger partial charge in [0.1, 0.15) is 5.82 Å². The molecule has 0 radical (unpaired) electrons. The van der Waals surface area contributed by atoms with Crippen LogP contribution in [0.4, 0.5) is 15.8 Å². The number of hydrogen-bond acceptors (Lipinski definition) is 2. The number of hydrogen-bond donors (Lipinski definition) is 1. The number of benzene rings is 1. The Kier molecular flexibility index (Phi) is 3.21. The maximum absolute atomic E-state index is 13.2. The van der Waals surface area contributed by atoms with E-state index in [-0.39, 0.29) is 10.4 Å². The highest BCUT2D eigenvalue weighted by molar-refractivity contribution is 6.31. The van der Waals surface area contributed by atoms with Gasteiger partial charge in [-0.15, -0.1) is 0 Å². The van der Waals surface area contributed by atoms with E-state index >= 15 is 0 Å². The van der Waals surface area contributed by atoms with Crippen molar-refractivity contribution in [2.24, 2.45) is 5.41 Å². The number of anilines is 2. The van der Waals surface area contributed by atoms with Crippen LogP contribution in [0.15, 0.2) is 12.1 Å². The van der Waals surface area contributed by atoms with Crippen molar-refractivity contribution in [1.29, 1.82) is 0 Å². The van der Waals surface area contributed by atoms with E-state index in [4.69, 9.17) is 17.3 Å². The quantitative estimate of drug-likeness (QED) is 0.777. The van der Waals surface area contributed by atoms with Crippen molar-refractivity contribution in [3.8, 4) is 0 Å². The third kappa shape index (κ3) is 2.65. The number of nitrogens with zero attached hydrogens (tertiary/aromatic N) is 1. The standard InChI is InChI=1S/C13H18ClFN2/c1-13(2)4-3-5-17(8-13)12-6-9(14)10(15)7-11(12)16/h6-7H,3-5,8,16H2,1-2H3. The minimum atomic E-state index is -0.454. The molecule has 1 aromatic carbocycles. The Morgan fingerprint density at radius 2 is 2.12 bits per heavy atom. The lowest BCUT2D eigenvalue weighted by Crippen LogP contribution is -2.40. The SMILES string of the molecule is CC1(C)CCCN(c2cc(Cl)c(F)cc2N)C1. The largest absolute Gasteiger partial charge is 0.397 e. The van der Waals surface area contributed by atoms with Gasteiger partial charge in [-0.1, -0.05) is 25.4 Å². The first-order valence-electron chi connectivity index (χ1n) is 5.88. The molecule has 1 aliphatic heterocycles. The molecule has 0 unspecified atom stereocenters. The van der Waals surface area contributed by atoms with Gasteiger partial charge in [0, 0.05) is 19.2 Å². The van der Waals surface area contributed by atoms with Crippen LogP contribution in [-0.4, -0.2) is 13.1 Å². The van der Waals surface area contributed by atoms with Gasteiger partial charge >= 0.3 is 0 Å². The summed E-state index contributed by atoms with van der Waals surface area (Å²) in [4.78, 5) is 2.20. The Morgan fingerprint density at radius 1 is 1.41 bits per heavy atom. The lowest BCUT2D eigenvalue weighted by atomic mass is 9.84. The van der Waals surface area contributed by atoms with E-state index in [9.17, 15) is 4.39 Å². The van der Waals surface area contributed by atoms with E-state index in [1.54, 1.807) is 6.07 Å². The fourth-order valence-corrected chi connectivity index (χ4v) is 2.61. The predicted molar refractivity (Wildman–Crippen MR) is 71.1 cm³/mol. The molecule has 0 bridgehead atoms. The molecule has 0 aliphatic carbocycles. The third-order valence-electron chi connectivity index (χ3n) is 3.31. The monoisotopic (exact) mass is 256 g/mol. The second-order valence-corrected chi connectivity index (χ2v) is 5.92. The molecule has 0 atom stereocenters. The van der Waals surface area contributed by atoms with Gasteiger partial charge in [0.15, 0.2) is 0 Å². The molecule has 0 spiro atoms. The molecule has 2 nitrogen and oxygen atoms in total. The van der Waals surface area contributed by atoms with Crippen molar-refractivity contribution in [3.05, 3.63) is 23.0 Å². The Morgan fingerprint density at radius 3 is 2.76 bits per heavy atom. The molecule has 17 heavy (non-hydrogen) atoms. The Hall–Kier alpha value is -0.960. The van der Waals surface area contributed by atoms with Gasteiger partial charge < -0.3 is 10.6 Å². The van der Waals surface area contributed by atoms with Crippen LogP contribution in [0.5, 0.6) is 0 Å². The van der Waals surface area contributed by atoms with E-state index in [2.05, 4.69) is 18.7 Å². The van der Waals surface area contributed by atoms with Crippen LogP contribution in [0, 0.1) is 11.2 Å². The first-order valence-corrected chi connectivity index (χ1v) is 6.26. The normalized spacial score (nSPS) is 19.4. The van der Waals surface area contributed by atoms with Crippen LogP contribution < -0.4 is 10.6 Å². The minimum absolute atomic E-state index is 0.137. The second kappa shape index (κ2) is 4.37. The zero-order chi connectivity index (χ0) is 12.6. The molecule has 0 saturated carbocycles. The highest BCUT2D eigenvalue weighted by Gasteiger charge is 2.27. The Balaban J connectivity index is 2.31. The summed E-state index contributed by atoms with van der Waals surface area (Å²) in [5, 5.41) is 0.137. The summed E-state index contributed by atoms with van der Waals surface area (Å²) < 4.78 is 13.2. The van der Waals surface area contributed by atoms with Gasteiger partial charge in [-0.3, -0.25) is 0 Å². The van der Waals surface area contributed by atoms with Gasteiger partial charge in [0.05, 0.1) is 16.4 Å². The van der Waals surface area contributed by atoms with Gasteiger partial charge in [-0.05, 0) is 24.3 Å². The molecule has 1 saturated heterocycles. The lowest BCUT2D eigenvalue weighted by molar-refractivity contribution is 0.293. The number of nitrogen functional groups attached to an aromatic ring is 1. The van der Waals surface area contributed by atoms with Gasteiger partial charge in [0.2, 0.25) is 0 Å². The second-order valence-electron chi connectivity index (χ2n) is 5.51. The van der Waals surface area contributed by atoms with Crippen LogP contribution >= 0.6 is 11.6 Å². The molecular weight excluding hydrogens is 239 g/mol. The predicted octanol–water partition coefficient (Wildman–Crippen LogP) is 3.69. The van der Waals surface area contributed by atoms with Crippen molar-refractivity contribution < 1.29 is 4.39 Å². The number of rotatable bonds is 1. The third-order valence-corrected chi connectivity index (χ3v) is 3.60. The van der Waals surface area contributed by atoms with Crippen LogP contribution in [0.1, 0.15) is 26.7 Å². The topological polar surface area (TPSA) is 29.3 Å². The van der Waals surface area contributed by atoms with Crippen molar-refractivity contribution in [3.63, 3.8) is 0 Å². The smallest absolute Gasteiger partial charge is 0.143 e. The van der Waals surface area contributed by atoms with E-state index in [1.807, 2.05) is 0 Å². The average Bonchev–Trinajstić information content (AvgIpc) is 2.22. The summed E-state index contributed by atoms with van der Waals surface area (Å²) >= 11 is 5.82. The van der Waals surface area contributed by atoms with Crippen LogP contribution in [0.25, 0.3) is 0 Å². The summed E-state index contributed by atoms with van der Waals surface area (Å²) in [5.41, 5.74) is 7.45. The van der Waals surface area contributed by atoms with Crippen LogP contribution in [0.3, 0.4) is 0 Å². The van der Waals surface area contributed by atoms with Gasteiger partial charge in [0.25, 0.3) is 0 Å². The minimum Gasteiger partial charge on any atom is -0.397 e. The van der Waals surface area contributed by atoms with E-state index in [1.165, 1.54) is 12.5 Å². The van der Waals surface area contributed by atoms with Crippen molar-refractivity contribution in [1.82, 2.24) is 0 Å². The number of piperidine rings is 1. The van der Waals surface area contributed by atoms with Crippen LogP contribution in [0.2, 0.25) is 5.02 Å². The van der Waals surface area contributed by atoms with Gasteiger partial charge in [-0.2, -0.15) is 0 Å². The van der Waals surface area contributed by atoms with Crippen molar-refractivity contribution in [2.75, 3.05) is 23.7 Å². The van der Waals surface area contributed by atoms with Crippen LogP contribution in [-0.2, 0) is 0 Å². The summed E-state index contributed by atoms with van der Waals surface area (Å²) in [6.45, 7) is 6.36. The maximum Gasteiger partial charge on any atom is 0.143 e. The maximum atomic E-state index is 13.2. The summed E-state index contributed by atoms with van der Waals surface area (Å²) in [5.74, 6) is -0.454. The Bertz CT molecular complexity index is 432. The van der Waals surface area contributed by atoms with E-state index in [0.29, 0.717) is 5.69 Å². The van der Waals surface area contributed by atoms with Crippen molar-refractivity contribution >= 4 is 23.0 Å². The summed E-state index contributed by atoms with van der Waals surface area (Å²) in [6, 6.07) is 2.94. The summed E-state index contributed by atoms with van der Waals surface area (Å²) in [6.07, 6.45) is 2.33. The zero-order valence-corrected chi connectivity index (χ0v) is 11.0. The molecule has 0 aromatic heterocycles. The molecule has 2 rings (SSSR count). The molecule has 2 N–H and O–H groups in total. The summed E-state index contributed by atoms with van der Waals surface area (Å²) in [7, 11) is 0. The molecule has 94 valence electrons. The van der Waals surface area contributed by atoms with Crippen molar-refractivity contribution in [2.45, 2.75) is 26.7 Å². The average molecular weight is 257 g/mol. The van der Waals surface area contributed by atoms with E-state index in [0.717, 1.165) is 25.2 Å². The van der Waals surface area contributed by atoms with E-state index < -0.39 is 5.82 Å². The molecule has 0 amide bonds. The zero-order valence-electron chi connectivity index (χ0n) is 10.3. The molecule has 1 aromatic rings. The lowest BCUT2D eigenvalue weighted by Gasteiger charge is -2.40. The highest BCUT2D eigenvalue weighted by atomic mass is 35.5. The number of nitrogens with two attached hydrogens (primary N) is 1. The Labute approximate surface area is 107 Å². The molecular formula is C13H18ClFN2. The molecule has 1 aliphatic rings. The molecule has 4 heteroatoms. The fourth-order valence-electron chi connectivity index (χ4n) is 2.45.